The average molecular weight is 579 g/mol. The molecule has 0 amide bonds. The van der Waals surface area contributed by atoms with Crippen LogP contribution in [0, 0.1) is 0 Å². The Hall–Kier alpha value is -3.87. The molecular weight excluding hydrogens is 549 g/mol. The maximum absolute atomic E-state index is 11.2. The molecule has 2 aromatic heterocycles. The summed E-state index contributed by atoms with van der Waals surface area (Å²) < 4.78 is 37.7. The normalized spacial score (nSPS) is 12.4. The van der Waals surface area contributed by atoms with Crippen LogP contribution >= 0.6 is 11.3 Å². The molecule has 2 heterocycles. The lowest BCUT2D eigenvalue weighted by Gasteiger charge is -2.28. The number of ether oxygens (including phenoxy) is 1. The number of H-pyrrole nitrogens is 1. The first-order chi connectivity index (χ1) is 18.8. The molecular formula is C28H29F3N2O6S. The molecule has 214 valence electrons. The van der Waals surface area contributed by atoms with Crippen LogP contribution in [0.15, 0.2) is 66.9 Å². The van der Waals surface area contributed by atoms with Crippen LogP contribution in [-0.2, 0) is 11.2 Å². The number of carboxylic acids is 2. The second-order valence-electron chi connectivity index (χ2n) is 9.53. The topological polar surface area (TPSA) is 132 Å². The number of β-amino-alcohol motifs (C(OH)–C–C–N with tert-alkyl or cyclic N) is 1. The molecule has 8 nitrogen and oxygen atoms in total. The van der Waals surface area contributed by atoms with Crippen LogP contribution in [0.4, 0.5) is 13.2 Å². The van der Waals surface area contributed by atoms with E-state index < -0.39 is 24.2 Å². The highest BCUT2D eigenvalue weighted by Crippen LogP contribution is 2.35. The van der Waals surface area contributed by atoms with Crippen LogP contribution in [0.25, 0.3) is 21.3 Å². The van der Waals surface area contributed by atoms with Crippen molar-refractivity contribution < 1.29 is 42.8 Å². The van der Waals surface area contributed by atoms with E-state index in [0.29, 0.717) is 12.3 Å². The Morgan fingerprint density at radius 2 is 1.68 bits per heavy atom. The maximum atomic E-state index is 11.2. The van der Waals surface area contributed by atoms with E-state index in [4.69, 9.17) is 14.6 Å². The number of halogens is 3. The van der Waals surface area contributed by atoms with Crippen LogP contribution in [0.3, 0.4) is 0 Å². The minimum Gasteiger partial charge on any atom is -0.490 e. The number of aromatic nitrogens is 1. The van der Waals surface area contributed by atoms with Crippen LogP contribution in [0.2, 0.25) is 0 Å². The molecule has 0 fully saturated rings. The number of rotatable bonds is 10. The van der Waals surface area contributed by atoms with Gasteiger partial charge in [0.1, 0.15) is 23.3 Å². The minimum absolute atomic E-state index is 0.129. The number of aromatic amines is 1. The molecule has 2 aromatic carbocycles. The molecule has 0 aliphatic heterocycles. The number of alkyl halides is 3. The highest BCUT2D eigenvalue weighted by Gasteiger charge is 2.38. The zero-order chi connectivity index (χ0) is 29.5. The van der Waals surface area contributed by atoms with E-state index in [1.807, 2.05) is 42.6 Å². The number of carbonyl (C=O) groups is 2. The summed E-state index contributed by atoms with van der Waals surface area (Å²) in [6.07, 6.45) is -2.92. The van der Waals surface area contributed by atoms with Crippen molar-refractivity contribution in [3.8, 4) is 16.2 Å². The number of aliphatic carboxylic acids is 1. The third-order valence-electron chi connectivity index (χ3n) is 5.77. The Balaban J connectivity index is 0.000000559. The van der Waals surface area contributed by atoms with E-state index in [1.54, 1.807) is 12.1 Å². The molecule has 0 saturated heterocycles. The van der Waals surface area contributed by atoms with Crippen molar-refractivity contribution in [2.45, 2.75) is 38.1 Å². The molecule has 5 N–H and O–H groups in total. The van der Waals surface area contributed by atoms with E-state index in [1.165, 1.54) is 22.3 Å². The summed E-state index contributed by atoms with van der Waals surface area (Å²) in [5.41, 5.74) is 2.96. The predicted molar refractivity (Wildman–Crippen MR) is 146 cm³/mol. The van der Waals surface area contributed by atoms with Crippen molar-refractivity contribution in [1.82, 2.24) is 10.3 Å². The second-order valence-corrected chi connectivity index (χ2v) is 10.6. The van der Waals surface area contributed by atoms with Gasteiger partial charge in [0.15, 0.2) is 0 Å². The molecule has 40 heavy (non-hydrogen) atoms. The number of aromatic carboxylic acids is 1. The first kappa shape index (κ1) is 30.7. The van der Waals surface area contributed by atoms with Gasteiger partial charge in [-0.05, 0) is 56.2 Å². The van der Waals surface area contributed by atoms with Crippen LogP contribution in [0.5, 0.6) is 5.75 Å². The summed E-state index contributed by atoms with van der Waals surface area (Å²) in [6.45, 7) is 4.76. The van der Waals surface area contributed by atoms with Gasteiger partial charge in [0.05, 0.1) is 0 Å². The van der Waals surface area contributed by atoms with E-state index in [0.717, 1.165) is 22.4 Å². The lowest BCUT2D eigenvalue weighted by molar-refractivity contribution is -0.192. The summed E-state index contributed by atoms with van der Waals surface area (Å²) in [4.78, 5) is 24.5. The average Bonchev–Trinajstić information content (AvgIpc) is 3.54. The molecule has 4 aromatic rings. The van der Waals surface area contributed by atoms with Crippen molar-refractivity contribution in [2.24, 2.45) is 0 Å². The molecule has 0 unspecified atom stereocenters. The zero-order valence-corrected chi connectivity index (χ0v) is 22.5. The summed E-state index contributed by atoms with van der Waals surface area (Å²) >= 11 is 1.20. The molecule has 0 bridgehead atoms. The van der Waals surface area contributed by atoms with Crippen LogP contribution in [0.1, 0.15) is 29.1 Å². The molecule has 0 aliphatic carbocycles. The Bertz CT molecular complexity index is 1450. The number of benzene rings is 2. The third kappa shape index (κ3) is 8.57. The number of hydrogen-bond donors (Lipinski definition) is 5. The Kier molecular flexibility index (Phi) is 9.96. The van der Waals surface area contributed by atoms with Gasteiger partial charge in [0.25, 0.3) is 0 Å². The molecule has 4 rings (SSSR count). The summed E-state index contributed by atoms with van der Waals surface area (Å²) in [6, 6.07) is 19.1. The number of thiophene rings is 1. The van der Waals surface area contributed by atoms with Crippen molar-refractivity contribution in [3.63, 3.8) is 0 Å². The summed E-state index contributed by atoms with van der Waals surface area (Å²) in [5.74, 6) is -3.08. The third-order valence-corrected chi connectivity index (χ3v) is 6.87. The number of nitrogens with one attached hydrogen (secondary N) is 2. The van der Waals surface area contributed by atoms with Gasteiger partial charge in [0, 0.05) is 39.6 Å². The Morgan fingerprint density at radius 1 is 1.02 bits per heavy atom. The Morgan fingerprint density at radius 3 is 2.33 bits per heavy atom. The standard InChI is InChI=1S/C26H28N2O4S.C2HF3O2/c1-26(2,13-17-14-27-21-9-5-3-7-19(17)21)28-15-18(29)16-32-22-10-6-4-8-20(22)23-11-12-24(33-23)25(30)31;3-2(4,5)1(6)7/h3-12,14,18,27-29H,13,15-16H2,1-2H3,(H,30,31);(H,6,7)/t18-;/m0./s1. The van der Waals surface area contributed by atoms with Gasteiger partial charge >= 0.3 is 18.1 Å². The molecule has 1 atom stereocenters. The second kappa shape index (κ2) is 13.0. The smallest absolute Gasteiger partial charge is 0.490 e. The van der Waals surface area contributed by atoms with Crippen molar-refractivity contribution in [2.75, 3.05) is 13.2 Å². The van der Waals surface area contributed by atoms with Gasteiger partial charge < -0.3 is 30.4 Å². The van der Waals surface area contributed by atoms with Gasteiger partial charge in [-0.3, -0.25) is 0 Å². The number of aliphatic hydroxyl groups is 1. The first-order valence-corrected chi connectivity index (χ1v) is 12.9. The maximum Gasteiger partial charge on any atom is 0.490 e. The fourth-order valence-corrected chi connectivity index (χ4v) is 4.72. The van der Waals surface area contributed by atoms with Crippen molar-refractivity contribution in [3.05, 3.63) is 77.3 Å². The molecule has 0 saturated carbocycles. The predicted octanol–water partition coefficient (Wildman–Crippen LogP) is 5.58. The fraction of sp³-hybridized carbons (Fsp3) is 0.286. The highest BCUT2D eigenvalue weighted by molar-refractivity contribution is 7.17. The number of fused-ring (bicyclic) bond motifs is 1. The number of para-hydroxylation sites is 2. The van der Waals surface area contributed by atoms with Crippen LogP contribution in [-0.4, -0.2) is 63.2 Å². The number of aliphatic hydroxyl groups excluding tert-OH is 1. The first-order valence-electron chi connectivity index (χ1n) is 12.1. The van der Waals surface area contributed by atoms with Gasteiger partial charge in [-0.15, -0.1) is 11.3 Å². The monoisotopic (exact) mass is 578 g/mol. The van der Waals surface area contributed by atoms with E-state index in [2.05, 4.69) is 36.3 Å². The lowest BCUT2D eigenvalue weighted by Crippen LogP contribution is -2.46. The minimum atomic E-state index is -5.08. The highest BCUT2D eigenvalue weighted by atomic mass is 32.1. The van der Waals surface area contributed by atoms with Gasteiger partial charge in [-0.25, -0.2) is 9.59 Å². The number of carboxylic acid groups (broad SMARTS) is 2. The SMILES string of the molecule is CC(C)(Cc1c[nH]c2ccccc12)NC[C@H](O)COc1ccccc1-c1ccc(C(=O)O)s1.O=C(O)C(F)(F)F. The Labute approximate surface area is 232 Å². The van der Waals surface area contributed by atoms with Gasteiger partial charge in [-0.2, -0.15) is 13.2 Å². The van der Waals surface area contributed by atoms with E-state index in [-0.39, 0.29) is 17.0 Å². The summed E-state index contributed by atoms with van der Waals surface area (Å²) in [5, 5.41) is 31.5. The molecule has 0 spiro atoms. The molecule has 12 heteroatoms. The lowest BCUT2D eigenvalue weighted by atomic mass is 9.94. The van der Waals surface area contributed by atoms with E-state index >= 15 is 0 Å². The van der Waals surface area contributed by atoms with Crippen molar-refractivity contribution in [1.29, 1.82) is 0 Å². The molecule has 0 radical (unpaired) electrons. The van der Waals surface area contributed by atoms with Crippen molar-refractivity contribution >= 4 is 34.2 Å². The fourth-order valence-electron chi connectivity index (χ4n) is 3.85. The van der Waals surface area contributed by atoms with E-state index in [9.17, 15) is 28.2 Å². The summed E-state index contributed by atoms with van der Waals surface area (Å²) in [7, 11) is 0. The quantitative estimate of drug-likeness (QED) is 0.166. The van der Waals surface area contributed by atoms with Gasteiger partial charge in [0.2, 0.25) is 0 Å². The largest absolute Gasteiger partial charge is 0.490 e. The zero-order valence-electron chi connectivity index (χ0n) is 21.7. The molecule has 0 aliphatic rings. The van der Waals surface area contributed by atoms with Crippen LogP contribution < -0.4 is 10.1 Å². The number of hydrogen-bond acceptors (Lipinski definition) is 6. The van der Waals surface area contributed by atoms with Gasteiger partial charge in [-0.1, -0.05) is 30.3 Å².